The number of rotatable bonds is 53. The lowest BCUT2D eigenvalue weighted by Crippen LogP contribution is -2.30. The van der Waals surface area contributed by atoms with Crippen LogP contribution in [-0.4, -0.2) is 37.2 Å². The van der Waals surface area contributed by atoms with Gasteiger partial charge in [-0.3, -0.25) is 14.4 Å². The minimum atomic E-state index is -0.852. The molecule has 430 valence electrons. The summed E-state index contributed by atoms with van der Waals surface area (Å²) in [5.74, 6) is -1.11. The van der Waals surface area contributed by atoms with E-state index in [9.17, 15) is 14.4 Å². The van der Waals surface area contributed by atoms with Crippen molar-refractivity contribution in [1.82, 2.24) is 0 Å². The molecular weight excluding hydrogens is 949 g/mol. The smallest absolute Gasteiger partial charge is 0.306 e. The summed E-state index contributed by atoms with van der Waals surface area (Å²) in [6.45, 7) is 6.15. The second-order valence-corrected chi connectivity index (χ2v) is 19.5. The van der Waals surface area contributed by atoms with Gasteiger partial charge in [0, 0.05) is 19.3 Å². The Morgan fingerprint density at radius 3 is 0.805 bits per heavy atom. The van der Waals surface area contributed by atoms with Crippen LogP contribution in [0.5, 0.6) is 0 Å². The molecule has 0 rings (SSSR count). The number of unbranched alkanes of at least 4 members (excludes halogenated alkanes) is 14. The van der Waals surface area contributed by atoms with Gasteiger partial charge in [0.2, 0.25) is 0 Å². The van der Waals surface area contributed by atoms with Crippen LogP contribution in [-0.2, 0) is 28.6 Å². The number of allylic oxidation sites excluding steroid dienone is 28. The first-order valence-corrected chi connectivity index (χ1v) is 30.6. The van der Waals surface area contributed by atoms with E-state index in [1.54, 1.807) is 0 Å². The monoisotopic (exact) mass is 1060 g/mol. The quantitative estimate of drug-likeness (QED) is 0.0261. The van der Waals surface area contributed by atoms with Crippen molar-refractivity contribution in [3.63, 3.8) is 0 Å². The number of hydrogen-bond donors (Lipinski definition) is 0. The third-order valence-corrected chi connectivity index (χ3v) is 12.2. The minimum absolute atomic E-state index is 0.135. The predicted molar refractivity (Wildman–Crippen MR) is 334 cm³/mol. The van der Waals surface area contributed by atoms with Gasteiger partial charge >= 0.3 is 17.9 Å². The van der Waals surface area contributed by atoms with Gasteiger partial charge in [-0.15, -0.1) is 0 Å². The fourth-order valence-electron chi connectivity index (χ4n) is 7.77. The van der Waals surface area contributed by atoms with E-state index in [0.717, 1.165) is 109 Å². The molecule has 0 fully saturated rings. The highest BCUT2D eigenvalue weighted by Gasteiger charge is 2.19. The first kappa shape index (κ1) is 71.8. The third kappa shape index (κ3) is 61.5. The summed E-state index contributed by atoms with van der Waals surface area (Å²) in [6.07, 6.45) is 94.1. The molecule has 6 heteroatoms. The van der Waals surface area contributed by atoms with Crippen LogP contribution < -0.4 is 0 Å². The maximum absolute atomic E-state index is 12.8. The van der Waals surface area contributed by atoms with E-state index >= 15 is 0 Å². The average Bonchev–Trinajstić information content (AvgIpc) is 3.43. The summed E-state index contributed by atoms with van der Waals surface area (Å²) in [4.78, 5) is 38.0. The molecule has 77 heavy (non-hydrogen) atoms. The Hall–Kier alpha value is -5.23. The molecule has 0 aliphatic rings. The van der Waals surface area contributed by atoms with Gasteiger partial charge in [0.15, 0.2) is 6.10 Å². The Balaban J connectivity index is 4.26. The van der Waals surface area contributed by atoms with Crippen LogP contribution in [0, 0.1) is 0 Å². The van der Waals surface area contributed by atoms with Crippen molar-refractivity contribution in [3.8, 4) is 0 Å². The van der Waals surface area contributed by atoms with Crippen molar-refractivity contribution in [2.24, 2.45) is 0 Å². The van der Waals surface area contributed by atoms with Crippen LogP contribution in [0.1, 0.15) is 239 Å². The van der Waals surface area contributed by atoms with Gasteiger partial charge in [-0.05, 0) is 122 Å². The number of carbonyl (C=O) groups excluding carboxylic acids is 3. The molecule has 0 spiro atoms. The summed E-state index contributed by atoms with van der Waals surface area (Å²) < 4.78 is 16.7. The van der Waals surface area contributed by atoms with E-state index in [1.165, 1.54) is 77.0 Å². The van der Waals surface area contributed by atoms with Gasteiger partial charge < -0.3 is 14.2 Å². The zero-order valence-corrected chi connectivity index (χ0v) is 49.1. The normalized spacial score (nSPS) is 13.3. The molecule has 0 aromatic heterocycles. The van der Waals surface area contributed by atoms with Gasteiger partial charge in [0.25, 0.3) is 0 Å². The second kappa shape index (κ2) is 63.3. The second-order valence-electron chi connectivity index (χ2n) is 19.5. The molecule has 1 atom stereocenters. The molecule has 0 radical (unpaired) electrons. The van der Waals surface area contributed by atoms with Crippen LogP contribution in [0.3, 0.4) is 0 Å². The van der Waals surface area contributed by atoms with Crippen LogP contribution in [0.25, 0.3) is 0 Å². The molecule has 0 aromatic carbocycles. The van der Waals surface area contributed by atoms with Crippen molar-refractivity contribution >= 4 is 17.9 Å². The number of ether oxygens (including phenoxy) is 3. The molecule has 0 N–H and O–H groups in total. The molecule has 0 amide bonds. The molecule has 0 saturated carbocycles. The van der Waals surface area contributed by atoms with Crippen molar-refractivity contribution < 1.29 is 28.6 Å². The lowest BCUT2D eigenvalue weighted by atomic mass is 10.0. The lowest BCUT2D eigenvalue weighted by Gasteiger charge is -2.18. The molecule has 1 unspecified atom stereocenters. The molecule has 6 nitrogen and oxygen atoms in total. The first-order chi connectivity index (χ1) is 38.0. The Morgan fingerprint density at radius 2 is 0.494 bits per heavy atom. The van der Waals surface area contributed by atoms with Gasteiger partial charge in [-0.1, -0.05) is 268 Å². The summed E-state index contributed by atoms with van der Waals surface area (Å²) in [6, 6.07) is 0. The first-order valence-electron chi connectivity index (χ1n) is 30.6. The van der Waals surface area contributed by atoms with Gasteiger partial charge in [0.1, 0.15) is 13.2 Å². The standard InChI is InChI=1S/C71H110O6/c1-4-7-10-13-16-19-22-25-26-27-28-29-30-31-32-33-34-35-36-37-38-39-40-41-42-43-44-47-49-52-55-58-61-64-70(73)76-67-68(77-71(74)65-62-59-56-53-50-46-24-21-18-15-12-9-6-3)66-75-69(72)63-60-57-54-51-48-45-23-20-17-14-11-8-5-2/h7-12,16-21,25-26,28-29,31-32,34-35,45-46,48,50,54,56-57,59,68H,4-6,13-15,22-24,27,30,33,36-44,47,49,51-53,55,58,60-67H2,1-3H3/b10-7-,11-8-,12-9-,19-16-,20-17-,21-18-,26-25-,29-28-,32-31-,35-34-,48-45-,50-46-,57-54-,59-56-. The van der Waals surface area contributed by atoms with Crippen LogP contribution >= 0.6 is 0 Å². The van der Waals surface area contributed by atoms with Crippen LogP contribution in [0.15, 0.2) is 170 Å². The highest BCUT2D eigenvalue weighted by atomic mass is 16.6. The van der Waals surface area contributed by atoms with Crippen LogP contribution in [0.4, 0.5) is 0 Å². The summed E-state index contributed by atoms with van der Waals surface area (Å²) in [7, 11) is 0. The Labute approximate surface area is 472 Å². The van der Waals surface area contributed by atoms with E-state index in [1.807, 2.05) is 24.3 Å². The van der Waals surface area contributed by atoms with E-state index in [4.69, 9.17) is 14.2 Å². The minimum Gasteiger partial charge on any atom is -0.462 e. The molecule has 0 aliphatic heterocycles. The van der Waals surface area contributed by atoms with Gasteiger partial charge in [0.05, 0.1) is 0 Å². The van der Waals surface area contributed by atoms with E-state index in [-0.39, 0.29) is 38.0 Å². The highest BCUT2D eigenvalue weighted by Crippen LogP contribution is 2.15. The molecule has 0 saturated heterocycles. The summed E-state index contributed by atoms with van der Waals surface area (Å²) in [5, 5.41) is 0. The Bertz CT molecular complexity index is 1790. The van der Waals surface area contributed by atoms with Crippen molar-refractivity contribution in [2.75, 3.05) is 13.2 Å². The van der Waals surface area contributed by atoms with Gasteiger partial charge in [-0.25, -0.2) is 0 Å². The number of carbonyl (C=O) groups is 3. The Kier molecular flexibility index (Phi) is 59.0. The summed E-state index contributed by atoms with van der Waals surface area (Å²) in [5.41, 5.74) is 0. The zero-order chi connectivity index (χ0) is 55.7. The van der Waals surface area contributed by atoms with E-state index in [2.05, 4.69) is 167 Å². The highest BCUT2D eigenvalue weighted by molar-refractivity contribution is 5.71. The Morgan fingerprint density at radius 1 is 0.260 bits per heavy atom. The number of hydrogen-bond acceptors (Lipinski definition) is 6. The van der Waals surface area contributed by atoms with Crippen molar-refractivity contribution in [1.29, 1.82) is 0 Å². The molecule has 0 bridgehead atoms. The zero-order valence-electron chi connectivity index (χ0n) is 49.1. The SMILES string of the molecule is CC/C=C\C/C=C\C/C=C\C/C=C\C/C=C\C/C=C\CCCCCCCCCCCCCCCCC(=O)OCC(COC(=O)CC/C=C\C/C=C\C/C=C\C/C=C\CC)OC(=O)CC/C=C\C/C=C\C/C=C\C/C=C\CC. The van der Waals surface area contributed by atoms with Crippen molar-refractivity contribution in [2.45, 2.75) is 245 Å². The van der Waals surface area contributed by atoms with Crippen LogP contribution in [0.2, 0.25) is 0 Å². The molecular formula is C71H110O6. The molecule has 0 heterocycles. The average molecular weight is 1060 g/mol. The van der Waals surface area contributed by atoms with Crippen molar-refractivity contribution in [3.05, 3.63) is 170 Å². The maximum Gasteiger partial charge on any atom is 0.306 e. The summed E-state index contributed by atoms with van der Waals surface area (Å²) >= 11 is 0. The number of esters is 3. The lowest BCUT2D eigenvalue weighted by molar-refractivity contribution is -0.166. The van der Waals surface area contributed by atoms with Gasteiger partial charge in [-0.2, -0.15) is 0 Å². The molecule has 0 aliphatic carbocycles. The molecule has 0 aromatic rings. The predicted octanol–water partition coefficient (Wildman–Crippen LogP) is 21.1. The van der Waals surface area contributed by atoms with E-state index in [0.29, 0.717) is 19.3 Å². The topological polar surface area (TPSA) is 78.9 Å². The largest absolute Gasteiger partial charge is 0.462 e. The fraction of sp³-hybridized carbons (Fsp3) is 0.563. The third-order valence-electron chi connectivity index (χ3n) is 12.2. The maximum atomic E-state index is 12.8. The fourth-order valence-corrected chi connectivity index (χ4v) is 7.77. The van der Waals surface area contributed by atoms with E-state index < -0.39 is 12.1 Å².